The van der Waals surface area contributed by atoms with Gasteiger partial charge in [-0.2, -0.15) is 0 Å². The molecule has 4 aromatic rings. The number of nitrogens with one attached hydrogen (secondary N) is 3. The zero-order chi connectivity index (χ0) is 26.4. The monoisotopic (exact) mass is 498 g/mol. The number of carbonyl (C=O) groups excluding carboxylic acids is 2. The minimum Gasteiger partial charge on any atom is -0.352 e. The second kappa shape index (κ2) is 11.7. The Bertz CT molecular complexity index is 1360. The summed E-state index contributed by atoms with van der Waals surface area (Å²) in [5.74, 6) is 0.273. The summed E-state index contributed by atoms with van der Waals surface area (Å²) in [7, 11) is 3.65. The van der Waals surface area contributed by atoms with Crippen LogP contribution in [0.3, 0.4) is 0 Å². The molecule has 0 atom stereocenters. The van der Waals surface area contributed by atoms with Gasteiger partial charge in [-0.1, -0.05) is 56.3 Å². The molecule has 0 bridgehead atoms. The number of urea groups is 1. The summed E-state index contributed by atoms with van der Waals surface area (Å²) >= 11 is 0. The molecule has 192 valence electrons. The van der Waals surface area contributed by atoms with E-state index in [-0.39, 0.29) is 11.9 Å². The highest BCUT2D eigenvalue weighted by Gasteiger charge is 2.18. The Morgan fingerprint density at radius 1 is 0.973 bits per heavy atom. The molecule has 0 aliphatic carbocycles. The Kier molecular flexibility index (Phi) is 8.20. The molecule has 8 nitrogen and oxygen atoms in total. The van der Waals surface area contributed by atoms with Crippen molar-refractivity contribution in [2.75, 3.05) is 26.0 Å². The maximum atomic E-state index is 12.8. The van der Waals surface area contributed by atoms with E-state index in [9.17, 15) is 9.59 Å². The summed E-state index contributed by atoms with van der Waals surface area (Å²) in [6.45, 7) is 6.16. The van der Waals surface area contributed by atoms with Gasteiger partial charge in [0.05, 0.1) is 17.0 Å². The van der Waals surface area contributed by atoms with Crippen LogP contribution in [0, 0.1) is 5.92 Å². The molecule has 2 aromatic carbocycles. The fraction of sp³-hybridized carbons (Fsp3) is 0.276. The van der Waals surface area contributed by atoms with Gasteiger partial charge in [-0.15, -0.1) is 0 Å². The molecule has 0 saturated heterocycles. The number of imidazole rings is 1. The topological polar surface area (TPSA) is 90.8 Å². The van der Waals surface area contributed by atoms with Crippen LogP contribution in [-0.4, -0.2) is 46.9 Å². The molecule has 8 heteroatoms. The van der Waals surface area contributed by atoms with E-state index in [0.717, 1.165) is 29.1 Å². The predicted molar refractivity (Wildman–Crippen MR) is 147 cm³/mol. The zero-order valence-corrected chi connectivity index (χ0v) is 21.8. The first-order valence-corrected chi connectivity index (χ1v) is 12.4. The molecule has 0 aliphatic heterocycles. The Balaban J connectivity index is 1.70. The maximum Gasteiger partial charge on any atom is 0.318 e. The van der Waals surface area contributed by atoms with E-state index in [1.807, 2.05) is 65.2 Å². The number of anilines is 1. The van der Waals surface area contributed by atoms with E-state index < -0.39 is 0 Å². The third-order valence-corrected chi connectivity index (χ3v) is 6.01. The molecule has 2 heterocycles. The van der Waals surface area contributed by atoms with Gasteiger partial charge in [0, 0.05) is 44.1 Å². The van der Waals surface area contributed by atoms with Gasteiger partial charge in [0.1, 0.15) is 5.65 Å². The summed E-state index contributed by atoms with van der Waals surface area (Å²) in [5.41, 5.74) is 6.03. The van der Waals surface area contributed by atoms with Gasteiger partial charge < -0.3 is 20.4 Å². The highest BCUT2D eigenvalue weighted by Crippen LogP contribution is 2.27. The van der Waals surface area contributed by atoms with E-state index in [1.54, 1.807) is 7.05 Å². The van der Waals surface area contributed by atoms with Crippen LogP contribution in [0.25, 0.3) is 16.9 Å². The first-order valence-electron chi connectivity index (χ1n) is 12.4. The standard InChI is InChI=1S/C29H34N6O2/c1-20(2)16-31-28(36)23-12-15-26-33-27(22-10-13-24(14-11-22)32-29(37)30-3)25(35(26)18-23)19-34(4)17-21-8-6-5-7-9-21/h5-15,18,20H,16-17,19H2,1-4H3,(H,31,36)(H2,30,32,37). The van der Waals surface area contributed by atoms with Crippen LogP contribution in [0.15, 0.2) is 72.9 Å². The van der Waals surface area contributed by atoms with Crippen molar-refractivity contribution < 1.29 is 9.59 Å². The van der Waals surface area contributed by atoms with Crippen molar-refractivity contribution in [3.63, 3.8) is 0 Å². The zero-order valence-electron chi connectivity index (χ0n) is 21.8. The number of rotatable bonds is 9. The van der Waals surface area contributed by atoms with Crippen LogP contribution in [0.4, 0.5) is 10.5 Å². The number of benzene rings is 2. The molecule has 37 heavy (non-hydrogen) atoms. The van der Waals surface area contributed by atoms with Gasteiger partial charge >= 0.3 is 6.03 Å². The van der Waals surface area contributed by atoms with Crippen LogP contribution in [0.5, 0.6) is 0 Å². The molecule has 0 aliphatic rings. The van der Waals surface area contributed by atoms with E-state index >= 15 is 0 Å². The Labute approximate surface area is 217 Å². The van der Waals surface area contributed by atoms with Crippen molar-refractivity contribution in [2.24, 2.45) is 5.92 Å². The molecular formula is C29H34N6O2. The third-order valence-electron chi connectivity index (χ3n) is 6.01. The first-order chi connectivity index (χ1) is 17.8. The fourth-order valence-corrected chi connectivity index (χ4v) is 4.12. The summed E-state index contributed by atoms with van der Waals surface area (Å²) in [6, 6.07) is 21.4. The van der Waals surface area contributed by atoms with Crippen molar-refractivity contribution >= 4 is 23.3 Å². The fourth-order valence-electron chi connectivity index (χ4n) is 4.12. The largest absolute Gasteiger partial charge is 0.352 e. The Morgan fingerprint density at radius 3 is 2.38 bits per heavy atom. The average molecular weight is 499 g/mol. The smallest absolute Gasteiger partial charge is 0.318 e. The number of nitrogens with zero attached hydrogens (tertiary/aromatic N) is 3. The van der Waals surface area contributed by atoms with Crippen LogP contribution in [0.1, 0.15) is 35.5 Å². The van der Waals surface area contributed by atoms with Crippen LogP contribution < -0.4 is 16.0 Å². The van der Waals surface area contributed by atoms with Crippen LogP contribution in [0.2, 0.25) is 0 Å². The second-order valence-corrected chi connectivity index (χ2v) is 9.60. The molecule has 0 unspecified atom stereocenters. The van der Waals surface area contributed by atoms with E-state index in [2.05, 4.69) is 53.9 Å². The highest BCUT2D eigenvalue weighted by molar-refractivity contribution is 5.94. The Hall–Kier alpha value is -4.17. The summed E-state index contributed by atoms with van der Waals surface area (Å²) in [4.78, 5) is 31.6. The van der Waals surface area contributed by atoms with Gasteiger partial charge in [-0.25, -0.2) is 9.78 Å². The maximum absolute atomic E-state index is 12.8. The van der Waals surface area contributed by atoms with Gasteiger partial charge in [-0.05, 0) is 42.8 Å². The van der Waals surface area contributed by atoms with Gasteiger partial charge in [0.15, 0.2) is 0 Å². The summed E-state index contributed by atoms with van der Waals surface area (Å²) < 4.78 is 2.01. The molecule has 0 spiro atoms. The van der Waals surface area contributed by atoms with Gasteiger partial charge in [-0.3, -0.25) is 9.69 Å². The molecule has 4 rings (SSSR count). The average Bonchev–Trinajstić information content (AvgIpc) is 3.25. The van der Waals surface area contributed by atoms with Crippen LogP contribution in [-0.2, 0) is 13.1 Å². The minimum absolute atomic E-state index is 0.0981. The number of carbonyl (C=O) groups is 2. The minimum atomic E-state index is -0.271. The van der Waals surface area contributed by atoms with Crippen molar-refractivity contribution in [2.45, 2.75) is 26.9 Å². The number of fused-ring (bicyclic) bond motifs is 1. The molecule has 0 radical (unpaired) electrons. The quantitative estimate of drug-likeness (QED) is 0.310. The van der Waals surface area contributed by atoms with Crippen molar-refractivity contribution in [3.8, 4) is 11.3 Å². The number of hydrogen-bond donors (Lipinski definition) is 3. The third kappa shape index (κ3) is 6.54. The van der Waals surface area contributed by atoms with E-state index in [0.29, 0.717) is 30.3 Å². The van der Waals surface area contributed by atoms with Crippen molar-refractivity contribution in [3.05, 3.63) is 89.7 Å². The van der Waals surface area contributed by atoms with E-state index in [1.165, 1.54) is 5.56 Å². The molecule has 0 saturated carbocycles. The Morgan fingerprint density at radius 2 is 1.70 bits per heavy atom. The van der Waals surface area contributed by atoms with E-state index in [4.69, 9.17) is 4.98 Å². The number of aromatic nitrogens is 2. The molecular weight excluding hydrogens is 464 g/mol. The molecule has 3 amide bonds. The van der Waals surface area contributed by atoms with Gasteiger partial charge in [0.25, 0.3) is 5.91 Å². The lowest BCUT2D eigenvalue weighted by molar-refractivity contribution is 0.0948. The normalized spacial score (nSPS) is 11.2. The van der Waals surface area contributed by atoms with Crippen molar-refractivity contribution in [1.82, 2.24) is 24.9 Å². The van der Waals surface area contributed by atoms with Crippen LogP contribution >= 0.6 is 0 Å². The molecule has 3 N–H and O–H groups in total. The van der Waals surface area contributed by atoms with Crippen molar-refractivity contribution in [1.29, 1.82) is 0 Å². The lowest BCUT2D eigenvalue weighted by Crippen LogP contribution is -2.27. The highest BCUT2D eigenvalue weighted by atomic mass is 16.2. The first kappa shape index (κ1) is 25.9. The number of hydrogen-bond acceptors (Lipinski definition) is 4. The predicted octanol–water partition coefficient (Wildman–Crippen LogP) is 4.77. The molecule has 2 aromatic heterocycles. The summed E-state index contributed by atoms with van der Waals surface area (Å²) in [6.07, 6.45) is 1.87. The SMILES string of the molecule is CNC(=O)Nc1ccc(-c2nc3ccc(C(=O)NCC(C)C)cn3c2CN(C)Cc2ccccc2)cc1. The number of amides is 3. The molecule has 0 fully saturated rings. The number of pyridine rings is 1. The van der Waals surface area contributed by atoms with Gasteiger partial charge in [0.2, 0.25) is 0 Å². The lowest BCUT2D eigenvalue weighted by atomic mass is 10.1. The summed E-state index contributed by atoms with van der Waals surface area (Å²) in [5, 5.41) is 8.33. The lowest BCUT2D eigenvalue weighted by Gasteiger charge is -2.18. The second-order valence-electron chi connectivity index (χ2n) is 9.60.